The Kier molecular flexibility index (Phi) is 6.96. The van der Waals surface area contributed by atoms with Crippen molar-refractivity contribution in [3.05, 3.63) is 65.9 Å². The number of hydrogen-bond acceptors (Lipinski definition) is 5. The van der Waals surface area contributed by atoms with Crippen LogP contribution in [0.5, 0.6) is 5.75 Å². The predicted octanol–water partition coefficient (Wildman–Crippen LogP) is 4.31. The first kappa shape index (κ1) is 21.9. The summed E-state index contributed by atoms with van der Waals surface area (Å²) in [6.07, 6.45) is 0.0899. The quantitative estimate of drug-likeness (QED) is 0.379. The van der Waals surface area contributed by atoms with E-state index < -0.39 is 12.1 Å². The number of hydroxylamine groups is 2. The highest BCUT2D eigenvalue weighted by Crippen LogP contribution is 2.25. The molecule has 1 amide bonds. The molecule has 7 heteroatoms. The van der Waals surface area contributed by atoms with Gasteiger partial charge in [0.05, 0.1) is 25.6 Å². The van der Waals surface area contributed by atoms with Gasteiger partial charge in [-0.2, -0.15) is 10.2 Å². The van der Waals surface area contributed by atoms with Crippen molar-refractivity contribution in [2.24, 2.45) is 0 Å². The monoisotopic (exact) mass is 419 g/mol. The first-order valence-electron chi connectivity index (χ1n) is 9.88. The van der Waals surface area contributed by atoms with Crippen molar-refractivity contribution in [3.63, 3.8) is 0 Å². The van der Waals surface area contributed by atoms with E-state index in [0.717, 1.165) is 29.1 Å². The fraction of sp³-hybridized carbons (Fsp3) is 0.250. The smallest absolute Gasteiger partial charge is 0.434 e. The van der Waals surface area contributed by atoms with E-state index in [1.54, 1.807) is 14.0 Å². The highest BCUT2D eigenvalue weighted by atomic mass is 16.6. The van der Waals surface area contributed by atoms with E-state index in [2.05, 4.69) is 52.9 Å². The number of carbonyl (C=O) groups is 1. The van der Waals surface area contributed by atoms with Crippen LogP contribution in [-0.2, 0) is 11.2 Å². The number of methoxy groups -OCH3 is 2. The van der Waals surface area contributed by atoms with E-state index in [0.29, 0.717) is 10.8 Å². The van der Waals surface area contributed by atoms with Crippen LogP contribution in [0.3, 0.4) is 0 Å². The summed E-state index contributed by atoms with van der Waals surface area (Å²) in [5.41, 5.74) is 4.49. The van der Waals surface area contributed by atoms with Crippen LogP contribution >= 0.6 is 0 Å². The topological polar surface area (TPSA) is 76.8 Å². The summed E-state index contributed by atoms with van der Waals surface area (Å²) < 4.78 is 11.6. The standard InChI is InChI=1S/C24H25N3O4/c1-5-18-7-9-19(10-8-18)23-16-20(11-6-17(2)27(29)24(28)31-4)25-26(23)21-12-14-22(30-3)15-13-21/h7-10,12-17,29H,5H2,1-4H3. The van der Waals surface area contributed by atoms with Gasteiger partial charge in [-0.25, -0.2) is 9.48 Å². The number of aromatic nitrogens is 2. The lowest BCUT2D eigenvalue weighted by Crippen LogP contribution is -2.34. The zero-order chi connectivity index (χ0) is 22.4. The van der Waals surface area contributed by atoms with Gasteiger partial charge in [-0.05, 0) is 49.1 Å². The van der Waals surface area contributed by atoms with Crippen molar-refractivity contribution in [3.8, 4) is 34.5 Å². The van der Waals surface area contributed by atoms with Gasteiger partial charge in [0, 0.05) is 11.6 Å². The number of ether oxygens (including phenoxy) is 2. The second kappa shape index (κ2) is 9.83. The highest BCUT2D eigenvalue weighted by molar-refractivity contribution is 5.67. The van der Waals surface area contributed by atoms with Gasteiger partial charge in [0.15, 0.2) is 0 Å². The fourth-order valence-corrected chi connectivity index (χ4v) is 2.97. The molecule has 0 spiro atoms. The highest BCUT2D eigenvalue weighted by Gasteiger charge is 2.17. The van der Waals surface area contributed by atoms with E-state index >= 15 is 0 Å². The van der Waals surface area contributed by atoms with Crippen molar-refractivity contribution in [1.82, 2.24) is 14.8 Å². The summed E-state index contributed by atoms with van der Waals surface area (Å²) in [4.78, 5) is 11.5. The van der Waals surface area contributed by atoms with Crippen molar-refractivity contribution in [1.29, 1.82) is 0 Å². The van der Waals surface area contributed by atoms with Crippen LogP contribution in [0, 0.1) is 11.8 Å². The number of benzene rings is 2. The van der Waals surface area contributed by atoms with Crippen LogP contribution in [0.2, 0.25) is 0 Å². The minimum atomic E-state index is -0.873. The molecular weight excluding hydrogens is 394 g/mol. The van der Waals surface area contributed by atoms with E-state index in [1.807, 2.05) is 35.0 Å². The Hall–Kier alpha value is -3.76. The summed E-state index contributed by atoms with van der Waals surface area (Å²) in [5, 5.41) is 14.9. The maximum atomic E-state index is 11.5. The molecule has 0 aliphatic rings. The lowest BCUT2D eigenvalue weighted by atomic mass is 10.1. The Morgan fingerprint density at radius 2 is 1.84 bits per heavy atom. The maximum absolute atomic E-state index is 11.5. The van der Waals surface area contributed by atoms with Gasteiger partial charge in [0.25, 0.3) is 0 Å². The number of amides is 1. The third-order valence-electron chi connectivity index (χ3n) is 4.82. The molecule has 2 aromatic carbocycles. The van der Waals surface area contributed by atoms with E-state index in [1.165, 1.54) is 12.7 Å². The van der Waals surface area contributed by atoms with Crippen LogP contribution in [0.25, 0.3) is 16.9 Å². The zero-order valence-electron chi connectivity index (χ0n) is 18.0. The Morgan fingerprint density at radius 1 is 1.16 bits per heavy atom. The minimum absolute atomic E-state index is 0.442. The molecule has 31 heavy (non-hydrogen) atoms. The Balaban J connectivity index is 2.01. The Labute approximate surface area is 181 Å². The lowest BCUT2D eigenvalue weighted by Gasteiger charge is -2.15. The number of aryl methyl sites for hydroxylation is 1. The first-order valence-corrected chi connectivity index (χ1v) is 9.88. The molecule has 1 heterocycles. The predicted molar refractivity (Wildman–Crippen MR) is 117 cm³/mol. The fourth-order valence-electron chi connectivity index (χ4n) is 2.97. The second-order valence-electron chi connectivity index (χ2n) is 6.84. The van der Waals surface area contributed by atoms with Crippen LogP contribution < -0.4 is 4.74 Å². The Morgan fingerprint density at radius 3 is 2.42 bits per heavy atom. The molecule has 1 aromatic heterocycles. The number of carbonyl (C=O) groups excluding carboxylic acids is 1. The van der Waals surface area contributed by atoms with Crippen molar-refractivity contribution in [2.75, 3.05) is 14.2 Å². The molecule has 1 atom stereocenters. The van der Waals surface area contributed by atoms with Crippen LogP contribution in [0.1, 0.15) is 25.1 Å². The van der Waals surface area contributed by atoms with Crippen molar-refractivity contribution in [2.45, 2.75) is 26.3 Å². The SMILES string of the molecule is CCc1ccc(-c2cc(C#CC(C)N(O)C(=O)OC)nn2-c2ccc(OC)cc2)cc1. The van der Waals surface area contributed by atoms with Crippen molar-refractivity contribution >= 4 is 6.09 Å². The van der Waals surface area contributed by atoms with Gasteiger partial charge < -0.3 is 9.47 Å². The zero-order valence-corrected chi connectivity index (χ0v) is 18.0. The molecule has 7 nitrogen and oxygen atoms in total. The molecule has 0 fully saturated rings. The average molecular weight is 419 g/mol. The third-order valence-corrected chi connectivity index (χ3v) is 4.82. The number of hydrogen-bond donors (Lipinski definition) is 1. The van der Waals surface area contributed by atoms with Gasteiger partial charge in [0.2, 0.25) is 0 Å². The van der Waals surface area contributed by atoms with Gasteiger partial charge in [-0.3, -0.25) is 5.21 Å². The van der Waals surface area contributed by atoms with Crippen LogP contribution in [-0.4, -0.2) is 46.4 Å². The normalized spacial score (nSPS) is 11.3. The summed E-state index contributed by atoms with van der Waals surface area (Å²) >= 11 is 0. The molecular formula is C24H25N3O4. The number of nitrogens with zero attached hydrogens (tertiary/aromatic N) is 3. The first-order chi connectivity index (χ1) is 15.0. The summed E-state index contributed by atoms with van der Waals surface area (Å²) in [6.45, 7) is 3.71. The maximum Gasteiger partial charge on any atom is 0.434 e. The molecule has 1 N–H and O–H groups in total. The van der Waals surface area contributed by atoms with Crippen LogP contribution in [0.4, 0.5) is 4.79 Å². The van der Waals surface area contributed by atoms with Crippen LogP contribution in [0.15, 0.2) is 54.6 Å². The number of rotatable bonds is 5. The molecule has 3 aromatic rings. The molecule has 0 saturated carbocycles. The Bertz CT molecular complexity index is 1030. The second-order valence-corrected chi connectivity index (χ2v) is 6.84. The molecule has 0 aliphatic heterocycles. The van der Waals surface area contributed by atoms with Gasteiger partial charge in [0.1, 0.15) is 17.5 Å². The largest absolute Gasteiger partial charge is 0.497 e. The molecule has 3 rings (SSSR count). The van der Waals surface area contributed by atoms with E-state index in [9.17, 15) is 10.0 Å². The summed E-state index contributed by atoms with van der Waals surface area (Å²) in [6, 6.07) is 17.0. The molecule has 1 unspecified atom stereocenters. The van der Waals surface area contributed by atoms with Gasteiger partial charge in [-0.15, -0.1) is 0 Å². The molecule has 0 radical (unpaired) electrons. The third kappa shape index (κ3) is 5.05. The lowest BCUT2D eigenvalue weighted by molar-refractivity contribution is -0.0819. The molecule has 0 aliphatic carbocycles. The van der Waals surface area contributed by atoms with Gasteiger partial charge >= 0.3 is 6.09 Å². The van der Waals surface area contributed by atoms with Gasteiger partial charge in [-0.1, -0.05) is 37.1 Å². The molecule has 0 bridgehead atoms. The summed E-state index contributed by atoms with van der Waals surface area (Å²) in [7, 11) is 2.82. The molecule has 0 saturated heterocycles. The average Bonchev–Trinajstić information content (AvgIpc) is 3.25. The van der Waals surface area contributed by atoms with E-state index in [-0.39, 0.29) is 0 Å². The molecule has 160 valence electrons. The summed E-state index contributed by atoms with van der Waals surface area (Å²) in [5.74, 6) is 6.51. The van der Waals surface area contributed by atoms with E-state index in [4.69, 9.17) is 4.74 Å². The van der Waals surface area contributed by atoms with Crippen molar-refractivity contribution < 1.29 is 19.5 Å². The minimum Gasteiger partial charge on any atom is -0.497 e.